The highest BCUT2D eigenvalue weighted by Crippen LogP contribution is 2.38. The van der Waals surface area contributed by atoms with Crippen molar-refractivity contribution in [3.8, 4) is 17.2 Å². The van der Waals surface area contributed by atoms with Gasteiger partial charge in [-0.3, -0.25) is 4.79 Å². The maximum atomic E-state index is 14.2. The third-order valence-corrected chi connectivity index (χ3v) is 3.81. The van der Waals surface area contributed by atoms with Gasteiger partial charge in [-0.2, -0.15) is 13.2 Å². The summed E-state index contributed by atoms with van der Waals surface area (Å²) in [5, 5.41) is 0. The summed E-state index contributed by atoms with van der Waals surface area (Å²) in [5.74, 6) is -5.48. The molecule has 0 spiro atoms. The summed E-state index contributed by atoms with van der Waals surface area (Å²) < 4.78 is 99.8. The Bertz CT molecular complexity index is 1020. The van der Waals surface area contributed by atoms with Gasteiger partial charge >= 0.3 is 6.18 Å². The average molecular weight is 425 g/mol. The first kappa shape index (κ1) is 21.4. The number of sulfonamides is 1. The molecule has 0 aliphatic heterocycles. The van der Waals surface area contributed by atoms with Gasteiger partial charge < -0.3 is 9.47 Å². The SMILES string of the molecule is COc1cc(C(F)(F)F)ccc1Oc1cc(F)c(C(=O)NS(C)(=O)=O)cc1F. The van der Waals surface area contributed by atoms with E-state index in [2.05, 4.69) is 0 Å². The van der Waals surface area contributed by atoms with Crippen molar-refractivity contribution in [1.82, 2.24) is 4.72 Å². The molecule has 0 aliphatic rings. The monoisotopic (exact) mass is 425 g/mol. The van der Waals surface area contributed by atoms with Crippen molar-refractivity contribution in [3.63, 3.8) is 0 Å². The van der Waals surface area contributed by atoms with Crippen LogP contribution in [0, 0.1) is 11.6 Å². The second-order valence-electron chi connectivity index (χ2n) is 5.43. The van der Waals surface area contributed by atoms with Gasteiger partial charge in [0.1, 0.15) is 5.82 Å². The number of benzene rings is 2. The fourth-order valence-electron chi connectivity index (χ4n) is 2.05. The molecule has 0 saturated carbocycles. The lowest BCUT2D eigenvalue weighted by Gasteiger charge is -2.14. The molecule has 2 aromatic carbocycles. The van der Waals surface area contributed by atoms with Gasteiger partial charge in [-0.1, -0.05) is 0 Å². The first-order valence-electron chi connectivity index (χ1n) is 7.26. The number of nitrogens with one attached hydrogen (secondary N) is 1. The second-order valence-corrected chi connectivity index (χ2v) is 7.18. The number of methoxy groups -OCH3 is 1. The zero-order valence-electron chi connectivity index (χ0n) is 14.2. The van der Waals surface area contributed by atoms with Gasteiger partial charge in [0.25, 0.3) is 5.91 Å². The molecular formula is C16H12F5NO5S. The van der Waals surface area contributed by atoms with E-state index in [1.807, 2.05) is 0 Å². The van der Waals surface area contributed by atoms with E-state index < -0.39 is 56.4 Å². The standard InChI is InChI=1S/C16H12F5NO5S/c1-26-14-5-8(16(19,20)21)3-4-12(14)27-13-7-10(17)9(6-11(13)18)15(23)22-28(2,24)25/h3-7H,1-2H3,(H,22,23). The first-order valence-corrected chi connectivity index (χ1v) is 9.15. The Morgan fingerprint density at radius 3 is 2.18 bits per heavy atom. The van der Waals surface area contributed by atoms with Crippen molar-refractivity contribution < 1.29 is 44.6 Å². The van der Waals surface area contributed by atoms with E-state index in [0.29, 0.717) is 30.5 Å². The zero-order valence-corrected chi connectivity index (χ0v) is 15.0. The van der Waals surface area contributed by atoms with Gasteiger partial charge in [-0.25, -0.2) is 21.9 Å². The number of alkyl halides is 3. The first-order chi connectivity index (χ1) is 12.8. The number of hydrogen-bond donors (Lipinski definition) is 1. The fourth-order valence-corrected chi connectivity index (χ4v) is 2.50. The van der Waals surface area contributed by atoms with Gasteiger partial charge in [0.2, 0.25) is 10.0 Å². The van der Waals surface area contributed by atoms with Gasteiger partial charge in [-0.05, 0) is 24.3 Å². The minimum atomic E-state index is -4.65. The Kier molecular flexibility index (Phi) is 5.83. The third-order valence-electron chi connectivity index (χ3n) is 3.26. The van der Waals surface area contributed by atoms with E-state index in [-0.39, 0.29) is 5.75 Å². The van der Waals surface area contributed by atoms with E-state index in [1.54, 1.807) is 0 Å². The number of hydrogen-bond acceptors (Lipinski definition) is 5. The lowest BCUT2D eigenvalue weighted by molar-refractivity contribution is -0.137. The molecule has 0 radical (unpaired) electrons. The molecule has 2 rings (SSSR count). The molecule has 1 N–H and O–H groups in total. The largest absolute Gasteiger partial charge is 0.493 e. The highest BCUT2D eigenvalue weighted by molar-refractivity contribution is 7.89. The van der Waals surface area contributed by atoms with Crippen molar-refractivity contribution in [2.24, 2.45) is 0 Å². The quantitative estimate of drug-likeness (QED) is 0.742. The van der Waals surface area contributed by atoms with E-state index in [4.69, 9.17) is 9.47 Å². The van der Waals surface area contributed by atoms with Crippen LogP contribution in [-0.4, -0.2) is 27.7 Å². The van der Waals surface area contributed by atoms with Crippen LogP contribution in [0.2, 0.25) is 0 Å². The van der Waals surface area contributed by atoms with Crippen LogP contribution in [0.1, 0.15) is 15.9 Å². The summed E-state index contributed by atoms with van der Waals surface area (Å²) in [4.78, 5) is 11.7. The molecule has 0 atom stereocenters. The number of halogens is 5. The highest BCUT2D eigenvalue weighted by atomic mass is 32.2. The minimum Gasteiger partial charge on any atom is -0.493 e. The number of ether oxygens (including phenoxy) is 2. The summed E-state index contributed by atoms with van der Waals surface area (Å²) in [5.41, 5.74) is -1.95. The van der Waals surface area contributed by atoms with Crippen molar-refractivity contribution in [2.45, 2.75) is 6.18 Å². The van der Waals surface area contributed by atoms with Crippen LogP contribution in [0.4, 0.5) is 22.0 Å². The summed E-state index contributed by atoms with van der Waals surface area (Å²) in [6.07, 6.45) is -4.01. The Hall–Kier alpha value is -2.89. The van der Waals surface area contributed by atoms with Crippen molar-refractivity contribution in [1.29, 1.82) is 0 Å². The summed E-state index contributed by atoms with van der Waals surface area (Å²) in [6, 6.07) is 2.95. The highest BCUT2D eigenvalue weighted by Gasteiger charge is 2.31. The van der Waals surface area contributed by atoms with Gasteiger partial charge in [0.15, 0.2) is 23.1 Å². The van der Waals surface area contributed by atoms with Crippen LogP contribution in [0.3, 0.4) is 0 Å². The van der Waals surface area contributed by atoms with Gasteiger partial charge in [-0.15, -0.1) is 0 Å². The van der Waals surface area contributed by atoms with Crippen molar-refractivity contribution >= 4 is 15.9 Å². The topological polar surface area (TPSA) is 81.7 Å². The molecule has 0 unspecified atom stereocenters. The number of amides is 1. The Morgan fingerprint density at radius 1 is 1.00 bits per heavy atom. The molecule has 0 heterocycles. The maximum absolute atomic E-state index is 14.2. The molecule has 152 valence electrons. The predicted octanol–water partition coefficient (Wildman–Crippen LogP) is 3.47. The van der Waals surface area contributed by atoms with Crippen LogP contribution >= 0.6 is 0 Å². The molecule has 0 aliphatic carbocycles. The van der Waals surface area contributed by atoms with Crippen LogP contribution in [0.25, 0.3) is 0 Å². The van der Waals surface area contributed by atoms with Crippen molar-refractivity contribution in [3.05, 3.63) is 53.1 Å². The third kappa shape index (κ3) is 5.09. The van der Waals surface area contributed by atoms with Crippen LogP contribution in [0.15, 0.2) is 30.3 Å². The molecule has 6 nitrogen and oxygen atoms in total. The molecule has 1 amide bonds. The fraction of sp³-hybridized carbons (Fsp3) is 0.188. The zero-order chi connectivity index (χ0) is 21.3. The molecule has 12 heteroatoms. The molecule has 0 aromatic heterocycles. The van der Waals surface area contributed by atoms with E-state index >= 15 is 0 Å². The summed E-state index contributed by atoms with van der Waals surface area (Å²) >= 11 is 0. The van der Waals surface area contributed by atoms with E-state index in [9.17, 15) is 35.2 Å². The summed E-state index contributed by atoms with van der Waals surface area (Å²) in [6.45, 7) is 0. The van der Waals surface area contributed by atoms with Crippen LogP contribution in [0.5, 0.6) is 17.2 Å². The Morgan fingerprint density at radius 2 is 1.64 bits per heavy atom. The summed E-state index contributed by atoms with van der Waals surface area (Å²) in [7, 11) is -2.96. The lowest BCUT2D eigenvalue weighted by Crippen LogP contribution is -2.30. The molecule has 0 bridgehead atoms. The predicted molar refractivity (Wildman–Crippen MR) is 86.7 cm³/mol. The van der Waals surface area contributed by atoms with Gasteiger partial charge in [0, 0.05) is 6.07 Å². The number of carbonyl (C=O) groups is 1. The van der Waals surface area contributed by atoms with E-state index in [0.717, 1.165) is 13.2 Å². The molecule has 2 aromatic rings. The average Bonchev–Trinajstić information content (AvgIpc) is 2.55. The smallest absolute Gasteiger partial charge is 0.416 e. The minimum absolute atomic E-state index is 0.345. The number of rotatable bonds is 5. The lowest BCUT2D eigenvalue weighted by atomic mass is 10.1. The Labute approximate surface area is 155 Å². The second kappa shape index (κ2) is 7.62. The van der Waals surface area contributed by atoms with Crippen LogP contribution in [-0.2, 0) is 16.2 Å². The number of carbonyl (C=O) groups excluding carboxylic acids is 1. The Balaban J connectivity index is 2.38. The van der Waals surface area contributed by atoms with E-state index in [1.165, 1.54) is 4.72 Å². The maximum Gasteiger partial charge on any atom is 0.416 e. The molecule has 28 heavy (non-hydrogen) atoms. The van der Waals surface area contributed by atoms with Crippen LogP contribution < -0.4 is 14.2 Å². The van der Waals surface area contributed by atoms with Crippen molar-refractivity contribution in [2.75, 3.05) is 13.4 Å². The molecular weight excluding hydrogens is 413 g/mol. The molecule has 0 fully saturated rings. The molecule has 0 saturated heterocycles. The van der Waals surface area contributed by atoms with Gasteiger partial charge in [0.05, 0.1) is 24.5 Å². The normalized spacial score (nSPS) is 11.8.